The van der Waals surface area contributed by atoms with Gasteiger partial charge in [-0.05, 0) is 37.9 Å². The molecule has 5 heteroatoms. The minimum absolute atomic E-state index is 0.0593. The number of aliphatic hydroxyl groups excluding tert-OH is 1. The number of aliphatic hydroxyl groups is 1. The second-order valence-electron chi connectivity index (χ2n) is 6.89. The molecule has 1 aliphatic rings. The molecule has 0 aliphatic heterocycles. The molecule has 2 amide bonds. The Kier molecular flexibility index (Phi) is 7.53. The Hall–Kier alpha value is -1.59. The number of carbonyl (C=O) groups is 1. The Morgan fingerprint density at radius 3 is 2.58 bits per heavy atom. The van der Waals surface area contributed by atoms with Crippen molar-refractivity contribution in [3.05, 3.63) is 35.4 Å². The molecule has 1 aromatic carbocycles. The third-order valence-corrected chi connectivity index (χ3v) is 4.83. The quantitative estimate of drug-likeness (QED) is 0.719. The van der Waals surface area contributed by atoms with Crippen molar-refractivity contribution in [2.75, 3.05) is 13.7 Å². The van der Waals surface area contributed by atoms with Gasteiger partial charge in [0, 0.05) is 19.1 Å². The standard InChI is InChI=1S/C19H31N3O2/c1-15(14-23)21-19(24)20-12-16-8-6-7-9-17(16)13-22(2)18-10-4-3-5-11-18/h6-9,15,18,23H,3-5,10-14H2,1-2H3,(H2,20,21,24). The SMILES string of the molecule is CC(CO)NC(=O)NCc1ccccc1CN(C)C1CCCCC1. The Morgan fingerprint density at radius 1 is 1.25 bits per heavy atom. The first-order valence-electron chi connectivity index (χ1n) is 9.02. The smallest absolute Gasteiger partial charge is 0.315 e. The fourth-order valence-corrected chi connectivity index (χ4v) is 3.30. The molecule has 1 aromatic rings. The number of hydrogen-bond acceptors (Lipinski definition) is 3. The molecule has 0 heterocycles. The summed E-state index contributed by atoms with van der Waals surface area (Å²) in [7, 11) is 2.20. The summed E-state index contributed by atoms with van der Waals surface area (Å²) >= 11 is 0. The lowest BCUT2D eigenvalue weighted by molar-refractivity contribution is 0.184. The van der Waals surface area contributed by atoms with E-state index in [9.17, 15) is 4.79 Å². The van der Waals surface area contributed by atoms with Gasteiger partial charge < -0.3 is 15.7 Å². The summed E-state index contributed by atoms with van der Waals surface area (Å²) in [6.45, 7) is 3.12. The third kappa shape index (κ3) is 5.80. The van der Waals surface area contributed by atoms with Crippen molar-refractivity contribution in [1.29, 1.82) is 0 Å². The molecule has 0 saturated heterocycles. The summed E-state index contributed by atoms with van der Waals surface area (Å²) in [6, 6.07) is 8.47. The van der Waals surface area contributed by atoms with Gasteiger partial charge in [0.25, 0.3) is 0 Å². The van der Waals surface area contributed by atoms with Crippen LogP contribution in [0.2, 0.25) is 0 Å². The maximum absolute atomic E-state index is 11.8. The number of rotatable bonds is 7. The van der Waals surface area contributed by atoms with Gasteiger partial charge in [0.15, 0.2) is 0 Å². The van der Waals surface area contributed by atoms with Crippen LogP contribution in [0.1, 0.15) is 50.2 Å². The Balaban J connectivity index is 1.90. The van der Waals surface area contributed by atoms with E-state index in [4.69, 9.17) is 5.11 Å². The van der Waals surface area contributed by atoms with Gasteiger partial charge in [-0.2, -0.15) is 0 Å². The number of nitrogens with one attached hydrogen (secondary N) is 2. The van der Waals surface area contributed by atoms with Crippen molar-refractivity contribution in [2.45, 2.75) is 64.2 Å². The molecule has 0 spiro atoms. The molecule has 1 unspecified atom stereocenters. The van der Waals surface area contributed by atoms with Gasteiger partial charge in [0.1, 0.15) is 0 Å². The van der Waals surface area contributed by atoms with E-state index >= 15 is 0 Å². The number of benzene rings is 1. The maximum Gasteiger partial charge on any atom is 0.315 e. The van der Waals surface area contributed by atoms with Gasteiger partial charge in [-0.25, -0.2) is 4.79 Å². The van der Waals surface area contributed by atoms with Gasteiger partial charge in [-0.3, -0.25) is 4.90 Å². The lowest BCUT2D eigenvalue weighted by Crippen LogP contribution is -2.42. The van der Waals surface area contributed by atoms with E-state index in [2.05, 4.69) is 40.8 Å². The molecular formula is C19H31N3O2. The average molecular weight is 333 g/mol. The highest BCUT2D eigenvalue weighted by atomic mass is 16.3. The summed E-state index contributed by atoms with van der Waals surface area (Å²) in [4.78, 5) is 14.3. The van der Waals surface area contributed by atoms with Crippen molar-refractivity contribution in [2.24, 2.45) is 0 Å². The van der Waals surface area contributed by atoms with Crippen LogP contribution in [0.25, 0.3) is 0 Å². The molecule has 1 saturated carbocycles. The first-order chi connectivity index (χ1) is 11.6. The van der Waals surface area contributed by atoms with Crippen LogP contribution in [0.4, 0.5) is 4.79 Å². The number of amides is 2. The van der Waals surface area contributed by atoms with E-state index in [0.29, 0.717) is 12.6 Å². The normalized spacial score (nSPS) is 16.8. The molecule has 24 heavy (non-hydrogen) atoms. The molecule has 1 atom stereocenters. The summed E-state index contributed by atoms with van der Waals surface area (Å²) in [5.41, 5.74) is 2.41. The van der Waals surface area contributed by atoms with Crippen molar-refractivity contribution >= 4 is 6.03 Å². The number of carbonyl (C=O) groups excluding carboxylic acids is 1. The van der Waals surface area contributed by atoms with Crippen molar-refractivity contribution in [1.82, 2.24) is 15.5 Å². The predicted molar refractivity (Wildman–Crippen MR) is 96.7 cm³/mol. The average Bonchev–Trinajstić information content (AvgIpc) is 2.61. The molecule has 134 valence electrons. The molecule has 1 fully saturated rings. The second kappa shape index (κ2) is 9.64. The molecule has 3 N–H and O–H groups in total. The first kappa shape index (κ1) is 18.7. The summed E-state index contributed by atoms with van der Waals surface area (Å²) in [6.07, 6.45) is 6.62. The molecule has 0 aromatic heterocycles. The lowest BCUT2D eigenvalue weighted by Gasteiger charge is -2.31. The Morgan fingerprint density at radius 2 is 1.92 bits per heavy atom. The van der Waals surface area contributed by atoms with Crippen LogP contribution in [-0.4, -0.2) is 41.8 Å². The third-order valence-electron chi connectivity index (χ3n) is 4.83. The molecule has 0 bridgehead atoms. The van der Waals surface area contributed by atoms with Crippen molar-refractivity contribution in [3.8, 4) is 0 Å². The number of nitrogens with zero attached hydrogens (tertiary/aromatic N) is 1. The predicted octanol–water partition coefficient (Wildman–Crippen LogP) is 2.63. The van der Waals surface area contributed by atoms with Crippen LogP contribution in [0.15, 0.2) is 24.3 Å². The summed E-state index contributed by atoms with van der Waals surface area (Å²) in [5.74, 6) is 0. The zero-order chi connectivity index (χ0) is 17.4. The number of hydrogen-bond donors (Lipinski definition) is 3. The van der Waals surface area contributed by atoms with E-state index < -0.39 is 0 Å². The van der Waals surface area contributed by atoms with Crippen molar-refractivity contribution in [3.63, 3.8) is 0 Å². The van der Waals surface area contributed by atoms with E-state index in [1.165, 1.54) is 37.7 Å². The fourth-order valence-electron chi connectivity index (χ4n) is 3.30. The van der Waals surface area contributed by atoms with Crippen LogP contribution in [0.3, 0.4) is 0 Å². The summed E-state index contributed by atoms with van der Waals surface area (Å²) < 4.78 is 0. The monoisotopic (exact) mass is 333 g/mol. The van der Waals surface area contributed by atoms with E-state index in [0.717, 1.165) is 12.1 Å². The number of urea groups is 1. The van der Waals surface area contributed by atoms with Gasteiger partial charge in [0.2, 0.25) is 0 Å². The van der Waals surface area contributed by atoms with Gasteiger partial charge >= 0.3 is 6.03 Å². The van der Waals surface area contributed by atoms with Gasteiger partial charge in [-0.1, -0.05) is 43.5 Å². The van der Waals surface area contributed by atoms with Crippen LogP contribution >= 0.6 is 0 Å². The van der Waals surface area contributed by atoms with Crippen LogP contribution in [0.5, 0.6) is 0 Å². The maximum atomic E-state index is 11.8. The largest absolute Gasteiger partial charge is 0.394 e. The fraction of sp³-hybridized carbons (Fsp3) is 0.632. The minimum atomic E-state index is -0.244. The van der Waals surface area contributed by atoms with Crippen LogP contribution in [0, 0.1) is 0 Å². The highest BCUT2D eigenvalue weighted by Crippen LogP contribution is 2.23. The first-order valence-corrected chi connectivity index (χ1v) is 9.02. The zero-order valence-corrected chi connectivity index (χ0v) is 14.9. The van der Waals surface area contributed by atoms with E-state index in [-0.39, 0.29) is 18.7 Å². The Bertz CT molecular complexity index is 515. The van der Waals surface area contributed by atoms with Crippen molar-refractivity contribution < 1.29 is 9.90 Å². The summed E-state index contributed by atoms with van der Waals surface area (Å²) in [5, 5.41) is 14.6. The Labute approximate surface area is 145 Å². The van der Waals surface area contributed by atoms with Gasteiger partial charge in [-0.15, -0.1) is 0 Å². The molecular weight excluding hydrogens is 302 g/mol. The van der Waals surface area contributed by atoms with E-state index in [1.54, 1.807) is 6.92 Å². The zero-order valence-electron chi connectivity index (χ0n) is 14.9. The van der Waals surface area contributed by atoms with Gasteiger partial charge in [0.05, 0.1) is 12.6 Å². The highest BCUT2D eigenvalue weighted by molar-refractivity contribution is 5.74. The molecule has 1 aliphatic carbocycles. The van der Waals surface area contributed by atoms with Crippen LogP contribution < -0.4 is 10.6 Å². The highest BCUT2D eigenvalue weighted by Gasteiger charge is 2.18. The molecule has 2 rings (SSSR count). The minimum Gasteiger partial charge on any atom is -0.394 e. The lowest BCUT2D eigenvalue weighted by atomic mass is 9.94. The topological polar surface area (TPSA) is 64.6 Å². The van der Waals surface area contributed by atoms with Crippen LogP contribution in [-0.2, 0) is 13.1 Å². The van der Waals surface area contributed by atoms with E-state index in [1.807, 2.05) is 6.07 Å². The second-order valence-corrected chi connectivity index (χ2v) is 6.89. The molecule has 0 radical (unpaired) electrons. The molecule has 5 nitrogen and oxygen atoms in total.